The van der Waals surface area contributed by atoms with Gasteiger partial charge in [-0.15, -0.1) is 0 Å². The van der Waals surface area contributed by atoms with Crippen molar-refractivity contribution in [2.45, 2.75) is 12.5 Å². The molecule has 0 aliphatic carbocycles. The van der Waals surface area contributed by atoms with Crippen molar-refractivity contribution in [3.8, 4) is 6.07 Å². The maximum Gasteiger partial charge on any atom is 0.0642 e. The Hall–Kier alpha value is -1.08. The largest absolute Gasteiger partial charge is 0.271 e. The molecule has 3 nitrogen and oxygen atoms in total. The molecule has 0 heterocycles. The fourth-order valence-corrected chi connectivity index (χ4v) is 1.19. The maximum absolute atomic E-state index is 8.51. The molecule has 0 saturated heterocycles. The van der Waals surface area contributed by atoms with E-state index < -0.39 is 0 Å². The number of rotatable bonds is 3. The molecular weight excluding hydrogens is 186 g/mol. The molecule has 0 aliphatic rings. The van der Waals surface area contributed by atoms with Gasteiger partial charge < -0.3 is 0 Å². The van der Waals surface area contributed by atoms with Gasteiger partial charge in [0.2, 0.25) is 0 Å². The summed E-state index contributed by atoms with van der Waals surface area (Å²) in [7, 11) is 0. The van der Waals surface area contributed by atoms with Crippen LogP contribution in [0.2, 0.25) is 5.02 Å². The van der Waals surface area contributed by atoms with Crippen molar-refractivity contribution in [2.75, 3.05) is 0 Å². The van der Waals surface area contributed by atoms with Crippen LogP contribution in [0.4, 0.5) is 0 Å². The third-order valence-corrected chi connectivity index (χ3v) is 2.02. The SMILES string of the molecule is N#CC[C@H](NN)c1ccc(Cl)cc1. The van der Waals surface area contributed by atoms with Gasteiger partial charge in [-0.25, -0.2) is 0 Å². The molecule has 0 aliphatic heterocycles. The molecule has 1 aromatic carbocycles. The Labute approximate surface area is 82.1 Å². The molecule has 1 atom stereocenters. The summed E-state index contributed by atoms with van der Waals surface area (Å²) in [5.41, 5.74) is 3.54. The van der Waals surface area contributed by atoms with E-state index in [1.54, 1.807) is 12.1 Å². The number of nitrogens with zero attached hydrogens (tertiary/aromatic N) is 1. The Kier molecular flexibility index (Phi) is 3.71. The van der Waals surface area contributed by atoms with Gasteiger partial charge in [0.15, 0.2) is 0 Å². The van der Waals surface area contributed by atoms with Gasteiger partial charge in [0.05, 0.1) is 18.5 Å². The summed E-state index contributed by atoms with van der Waals surface area (Å²) in [5.74, 6) is 5.29. The summed E-state index contributed by atoms with van der Waals surface area (Å²) >= 11 is 5.72. The molecule has 1 rings (SSSR count). The third kappa shape index (κ3) is 2.71. The number of nitrogens with one attached hydrogen (secondary N) is 1. The fraction of sp³-hybridized carbons (Fsp3) is 0.222. The first kappa shape index (κ1) is 10.0. The quantitative estimate of drug-likeness (QED) is 0.571. The number of nitriles is 1. The second-order valence-electron chi connectivity index (χ2n) is 2.63. The minimum absolute atomic E-state index is 0.123. The molecular formula is C9H10ClN3. The fourth-order valence-electron chi connectivity index (χ4n) is 1.06. The van der Waals surface area contributed by atoms with E-state index in [4.69, 9.17) is 22.7 Å². The van der Waals surface area contributed by atoms with Crippen LogP contribution in [0.1, 0.15) is 18.0 Å². The molecule has 4 heteroatoms. The molecule has 0 radical (unpaired) electrons. The van der Waals surface area contributed by atoms with Crippen LogP contribution in [0.25, 0.3) is 0 Å². The zero-order valence-electron chi connectivity index (χ0n) is 7.00. The molecule has 68 valence electrons. The van der Waals surface area contributed by atoms with Crippen LogP contribution in [0.15, 0.2) is 24.3 Å². The summed E-state index contributed by atoms with van der Waals surface area (Å²) in [6.07, 6.45) is 0.345. The standard InChI is InChI=1S/C9H10ClN3/c10-8-3-1-7(2-4-8)9(13-12)5-6-11/h1-4,9,13H,5,12H2/t9-/m0/s1. The first-order chi connectivity index (χ1) is 6.27. The maximum atomic E-state index is 8.51. The lowest BCUT2D eigenvalue weighted by Crippen LogP contribution is -2.27. The topological polar surface area (TPSA) is 61.8 Å². The normalized spacial score (nSPS) is 12.1. The smallest absolute Gasteiger partial charge is 0.0642 e. The molecule has 13 heavy (non-hydrogen) atoms. The Morgan fingerprint density at radius 2 is 2.08 bits per heavy atom. The molecule has 0 bridgehead atoms. The van der Waals surface area contributed by atoms with Gasteiger partial charge in [0, 0.05) is 5.02 Å². The van der Waals surface area contributed by atoms with E-state index in [0.717, 1.165) is 5.56 Å². The van der Waals surface area contributed by atoms with Crippen LogP contribution in [0.5, 0.6) is 0 Å². The number of hydrogen-bond donors (Lipinski definition) is 2. The van der Waals surface area contributed by atoms with Gasteiger partial charge in [-0.05, 0) is 17.7 Å². The Morgan fingerprint density at radius 1 is 1.46 bits per heavy atom. The molecule has 3 N–H and O–H groups in total. The lowest BCUT2D eigenvalue weighted by Gasteiger charge is -2.11. The number of hydrogen-bond acceptors (Lipinski definition) is 3. The summed E-state index contributed by atoms with van der Waals surface area (Å²) in [4.78, 5) is 0. The molecule has 0 amide bonds. The Bertz CT molecular complexity index is 302. The monoisotopic (exact) mass is 195 g/mol. The summed E-state index contributed by atoms with van der Waals surface area (Å²) in [5, 5.41) is 9.19. The van der Waals surface area contributed by atoms with E-state index in [1.165, 1.54) is 0 Å². The van der Waals surface area contributed by atoms with E-state index in [-0.39, 0.29) is 6.04 Å². The second kappa shape index (κ2) is 4.83. The average Bonchev–Trinajstić information content (AvgIpc) is 2.16. The van der Waals surface area contributed by atoms with Crippen LogP contribution in [-0.4, -0.2) is 0 Å². The zero-order valence-corrected chi connectivity index (χ0v) is 7.75. The van der Waals surface area contributed by atoms with Crippen LogP contribution < -0.4 is 11.3 Å². The first-order valence-corrected chi connectivity index (χ1v) is 4.24. The molecule has 0 saturated carbocycles. The molecule has 0 spiro atoms. The van der Waals surface area contributed by atoms with Crippen LogP contribution in [0.3, 0.4) is 0 Å². The highest BCUT2D eigenvalue weighted by molar-refractivity contribution is 6.30. The lowest BCUT2D eigenvalue weighted by molar-refractivity contribution is 0.566. The second-order valence-corrected chi connectivity index (χ2v) is 3.07. The van der Waals surface area contributed by atoms with Gasteiger partial charge in [0.1, 0.15) is 0 Å². The first-order valence-electron chi connectivity index (χ1n) is 3.86. The van der Waals surface area contributed by atoms with Crippen molar-refractivity contribution < 1.29 is 0 Å². The molecule has 0 aromatic heterocycles. The van der Waals surface area contributed by atoms with Gasteiger partial charge in [-0.2, -0.15) is 5.26 Å². The Balaban J connectivity index is 2.80. The van der Waals surface area contributed by atoms with Crippen molar-refractivity contribution in [1.82, 2.24) is 5.43 Å². The zero-order chi connectivity index (χ0) is 9.68. The van der Waals surface area contributed by atoms with Crippen LogP contribution >= 0.6 is 11.6 Å². The molecule has 0 fully saturated rings. The predicted molar refractivity (Wildman–Crippen MR) is 51.7 cm³/mol. The van der Waals surface area contributed by atoms with Gasteiger partial charge >= 0.3 is 0 Å². The van der Waals surface area contributed by atoms with Crippen molar-refractivity contribution in [2.24, 2.45) is 5.84 Å². The average molecular weight is 196 g/mol. The highest BCUT2D eigenvalue weighted by atomic mass is 35.5. The van der Waals surface area contributed by atoms with Crippen LogP contribution in [-0.2, 0) is 0 Å². The molecule has 0 unspecified atom stereocenters. The van der Waals surface area contributed by atoms with Crippen molar-refractivity contribution in [3.63, 3.8) is 0 Å². The van der Waals surface area contributed by atoms with Crippen molar-refractivity contribution in [1.29, 1.82) is 5.26 Å². The van der Waals surface area contributed by atoms with E-state index in [0.29, 0.717) is 11.4 Å². The minimum Gasteiger partial charge on any atom is -0.271 e. The highest BCUT2D eigenvalue weighted by Gasteiger charge is 2.07. The van der Waals surface area contributed by atoms with Gasteiger partial charge in [-0.3, -0.25) is 11.3 Å². The number of nitrogens with two attached hydrogens (primary N) is 1. The third-order valence-electron chi connectivity index (χ3n) is 1.77. The lowest BCUT2D eigenvalue weighted by atomic mass is 10.1. The minimum atomic E-state index is -0.123. The summed E-state index contributed by atoms with van der Waals surface area (Å²) in [6.45, 7) is 0. The van der Waals surface area contributed by atoms with E-state index in [2.05, 4.69) is 11.5 Å². The number of halogens is 1. The van der Waals surface area contributed by atoms with Gasteiger partial charge in [-0.1, -0.05) is 23.7 Å². The van der Waals surface area contributed by atoms with Crippen LogP contribution in [0, 0.1) is 11.3 Å². The number of benzene rings is 1. The number of hydrazine groups is 1. The van der Waals surface area contributed by atoms with E-state index in [1.807, 2.05) is 12.1 Å². The Morgan fingerprint density at radius 3 is 2.54 bits per heavy atom. The molecule has 1 aromatic rings. The van der Waals surface area contributed by atoms with Crippen molar-refractivity contribution >= 4 is 11.6 Å². The predicted octanol–water partition coefficient (Wildman–Crippen LogP) is 1.76. The van der Waals surface area contributed by atoms with E-state index in [9.17, 15) is 0 Å². The van der Waals surface area contributed by atoms with Crippen molar-refractivity contribution in [3.05, 3.63) is 34.9 Å². The summed E-state index contributed by atoms with van der Waals surface area (Å²) in [6, 6.07) is 9.19. The van der Waals surface area contributed by atoms with Gasteiger partial charge in [0.25, 0.3) is 0 Å². The summed E-state index contributed by atoms with van der Waals surface area (Å²) < 4.78 is 0. The highest BCUT2D eigenvalue weighted by Crippen LogP contribution is 2.17. The van der Waals surface area contributed by atoms with E-state index >= 15 is 0 Å².